The summed E-state index contributed by atoms with van der Waals surface area (Å²) in [6.45, 7) is 8.22. The summed E-state index contributed by atoms with van der Waals surface area (Å²) in [6.07, 6.45) is 3.52. The van der Waals surface area contributed by atoms with Gasteiger partial charge in [-0.1, -0.05) is 48.6 Å². The lowest BCUT2D eigenvalue weighted by atomic mass is 10.1. The quantitative estimate of drug-likeness (QED) is 0.290. The van der Waals surface area contributed by atoms with Gasteiger partial charge in [0, 0.05) is 10.6 Å². The molecule has 0 saturated carbocycles. The van der Waals surface area contributed by atoms with E-state index in [1.807, 2.05) is 20.8 Å². The molecule has 0 aliphatic heterocycles. The number of hydrogen-bond donors (Lipinski definition) is 2. The van der Waals surface area contributed by atoms with Gasteiger partial charge in [0.25, 0.3) is 5.56 Å². The maximum atomic E-state index is 12.5. The minimum atomic E-state index is -0.0729. The van der Waals surface area contributed by atoms with Crippen LogP contribution in [0.5, 0.6) is 0 Å². The minimum absolute atomic E-state index is 0.0431. The number of aromatic nitrogens is 4. The number of fused-ring (bicyclic) bond motifs is 1. The highest BCUT2D eigenvalue weighted by Crippen LogP contribution is 2.37. The first kappa shape index (κ1) is 22.0. The molecular formula is C22H25N5OS3. The number of H-pyrrole nitrogens is 1. The van der Waals surface area contributed by atoms with Crippen LogP contribution in [0.4, 0.5) is 10.8 Å². The van der Waals surface area contributed by atoms with E-state index in [1.165, 1.54) is 29.7 Å². The van der Waals surface area contributed by atoms with Gasteiger partial charge in [-0.05, 0) is 56.9 Å². The van der Waals surface area contributed by atoms with E-state index in [9.17, 15) is 4.79 Å². The number of thioether (sulfide) groups is 1. The number of aryl methyl sites for hydroxylation is 3. The molecule has 0 fully saturated rings. The predicted octanol–water partition coefficient (Wildman–Crippen LogP) is 6.39. The molecule has 0 aliphatic carbocycles. The van der Waals surface area contributed by atoms with E-state index >= 15 is 0 Å². The van der Waals surface area contributed by atoms with Crippen LogP contribution in [-0.2, 0) is 6.42 Å². The van der Waals surface area contributed by atoms with E-state index in [1.54, 1.807) is 23.1 Å². The molecule has 4 aromatic rings. The first-order valence-corrected chi connectivity index (χ1v) is 12.8. The van der Waals surface area contributed by atoms with E-state index in [0.29, 0.717) is 11.2 Å². The van der Waals surface area contributed by atoms with Crippen LogP contribution in [0, 0.1) is 13.8 Å². The van der Waals surface area contributed by atoms with Crippen LogP contribution in [0.25, 0.3) is 10.2 Å². The highest BCUT2D eigenvalue weighted by atomic mass is 32.2. The zero-order valence-corrected chi connectivity index (χ0v) is 20.4. The number of hydrogen-bond acceptors (Lipinski definition) is 8. The maximum Gasteiger partial charge on any atom is 0.259 e. The lowest BCUT2D eigenvalue weighted by molar-refractivity contribution is 0.795. The SMILES string of the molecule is CCCCc1ccc(Nc2nnc(S[C@H](C)c3nc4sc(C)c(C)c4c(=O)[nH]3)s2)cc1. The molecule has 1 atom stereocenters. The first-order chi connectivity index (χ1) is 14.9. The van der Waals surface area contributed by atoms with Crippen molar-refractivity contribution in [3.63, 3.8) is 0 Å². The Morgan fingerprint density at radius 1 is 1.16 bits per heavy atom. The second-order valence-corrected chi connectivity index (χ2v) is 11.2. The summed E-state index contributed by atoms with van der Waals surface area (Å²) in [6, 6.07) is 8.47. The summed E-state index contributed by atoms with van der Waals surface area (Å²) in [5.74, 6) is 0.663. The monoisotopic (exact) mass is 471 g/mol. The topological polar surface area (TPSA) is 83.6 Å². The molecule has 162 valence electrons. The van der Waals surface area contributed by atoms with Crippen molar-refractivity contribution in [2.45, 2.75) is 56.5 Å². The van der Waals surface area contributed by atoms with Gasteiger partial charge < -0.3 is 10.3 Å². The average Bonchev–Trinajstić information content (AvgIpc) is 3.31. The third kappa shape index (κ3) is 4.99. The van der Waals surface area contributed by atoms with Crippen LogP contribution in [0.1, 0.15) is 53.8 Å². The number of nitrogens with zero attached hydrogens (tertiary/aromatic N) is 3. The van der Waals surface area contributed by atoms with Crippen molar-refractivity contribution in [2.24, 2.45) is 0 Å². The summed E-state index contributed by atoms with van der Waals surface area (Å²) in [4.78, 5) is 22.1. The minimum Gasteiger partial charge on any atom is -0.330 e. The molecule has 2 N–H and O–H groups in total. The van der Waals surface area contributed by atoms with Crippen LogP contribution in [0.3, 0.4) is 0 Å². The highest BCUT2D eigenvalue weighted by molar-refractivity contribution is 8.01. The number of nitrogens with one attached hydrogen (secondary N) is 2. The number of benzene rings is 1. The Kier molecular flexibility index (Phi) is 6.74. The summed E-state index contributed by atoms with van der Waals surface area (Å²) in [5.41, 5.74) is 3.29. The fourth-order valence-electron chi connectivity index (χ4n) is 3.24. The summed E-state index contributed by atoms with van der Waals surface area (Å²) in [7, 11) is 0. The van der Waals surface area contributed by atoms with Crippen molar-refractivity contribution in [1.82, 2.24) is 20.2 Å². The Labute approximate surface area is 193 Å². The summed E-state index contributed by atoms with van der Waals surface area (Å²) >= 11 is 4.61. The van der Waals surface area contributed by atoms with Crippen molar-refractivity contribution in [2.75, 3.05) is 5.32 Å². The third-order valence-corrected chi connectivity index (χ3v) is 8.28. The van der Waals surface area contributed by atoms with E-state index < -0.39 is 0 Å². The van der Waals surface area contributed by atoms with E-state index in [2.05, 4.69) is 51.7 Å². The number of aromatic amines is 1. The molecule has 0 bridgehead atoms. The van der Waals surface area contributed by atoms with E-state index in [0.717, 1.165) is 36.9 Å². The molecule has 3 aromatic heterocycles. The molecular weight excluding hydrogens is 446 g/mol. The molecule has 0 unspecified atom stereocenters. The Morgan fingerprint density at radius 2 is 1.94 bits per heavy atom. The Morgan fingerprint density at radius 3 is 2.68 bits per heavy atom. The second-order valence-electron chi connectivity index (χ2n) is 7.47. The van der Waals surface area contributed by atoms with Crippen LogP contribution in [0.15, 0.2) is 33.4 Å². The lowest BCUT2D eigenvalue weighted by Gasteiger charge is -2.08. The normalized spacial score (nSPS) is 12.4. The molecule has 0 radical (unpaired) electrons. The van der Waals surface area contributed by atoms with Crippen LogP contribution in [-0.4, -0.2) is 20.2 Å². The van der Waals surface area contributed by atoms with E-state index in [-0.39, 0.29) is 10.8 Å². The standard InChI is InChI=1S/C22H25N5OS3/c1-5-6-7-15-8-10-16(11-9-15)23-21-26-27-22(31-21)30-14(4)18-24-19(28)17-12(2)13(3)29-20(17)25-18/h8-11,14H,5-7H2,1-4H3,(H,23,26)(H,24,25,28)/t14-/m1/s1. The van der Waals surface area contributed by atoms with Gasteiger partial charge in [0.15, 0.2) is 4.34 Å². The van der Waals surface area contributed by atoms with Crippen molar-refractivity contribution in [1.29, 1.82) is 0 Å². The molecule has 0 amide bonds. The number of rotatable bonds is 8. The molecule has 9 heteroatoms. The van der Waals surface area contributed by atoms with Gasteiger partial charge in [0.2, 0.25) is 5.13 Å². The predicted molar refractivity (Wildman–Crippen MR) is 132 cm³/mol. The Bertz CT molecular complexity index is 1240. The number of thiophene rings is 1. The van der Waals surface area contributed by atoms with Crippen LogP contribution >= 0.6 is 34.4 Å². The van der Waals surface area contributed by atoms with Crippen molar-refractivity contribution >= 4 is 55.5 Å². The number of unbranched alkanes of at least 4 members (excludes halogenated alkanes) is 1. The van der Waals surface area contributed by atoms with Gasteiger partial charge in [0.05, 0.1) is 10.6 Å². The van der Waals surface area contributed by atoms with Crippen LogP contribution in [0.2, 0.25) is 0 Å². The molecule has 0 aliphatic rings. The van der Waals surface area contributed by atoms with Gasteiger partial charge in [-0.15, -0.1) is 21.5 Å². The third-order valence-electron chi connectivity index (χ3n) is 5.15. The fraction of sp³-hybridized carbons (Fsp3) is 0.364. The highest BCUT2D eigenvalue weighted by Gasteiger charge is 2.18. The van der Waals surface area contributed by atoms with Gasteiger partial charge in [0.1, 0.15) is 10.7 Å². The molecule has 6 nitrogen and oxygen atoms in total. The maximum absolute atomic E-state index is 12.5. The van der Waals surface area contributed by atoms with Crippen molar-refractivity contribution in [3.8, 4) is 0 Å². The molecule has 0 saturated heterocycles. The Hall–Kier alpha value is -2.23. The number of anilines is 2. The van der Waals surface area contributed by atoms with E-state index in [4.69, 9.17) is 4.98 Å². The van der Waals surface area contributed by atoms with Crippen molar-refractivity contribution < 1.29 is 0 Å². The average molecular weight is 472 g/mol. The smallest absolute Gasteiger partial charge is 0.259 e. The molecule has 3 heterocycles. The molecule has 1 aromatic carbocycles. The van der Waals surface area contributed by atoms with Gasteiger partial charge in [-0.2, -0.15) is 0 Å². The van der Waals surface area contributed by atoms with Crippen LogP contribution < -0.4 is 10.9 Å². The first-order valence-electron chi connectivity index (χ1n) is 10.3. The fourth-order valence-corrected chi connectivity index (χ4v) is 6.25. The molecule has 31 heavy (non-hydrogen) atoms. The zero-order valence-electron chi connectivity index (χ0n) is 18.0. The summed E-state index contributed by atoms with van der Waals surface area (Å²) in [5, 5.41) is 13.3. The van der Waals surface area contributed by atoms with Crippen molar-refractivity contribution in [3.05, 3.63) is 56.4 Å². The van der Waals surface area contributed by atoms with Gasteiger partial charge >= 0.3 is 0 Å². The molecule has 4 rings (SSSR count). The van der Waals surface area contributed by atoms with Gasteiger partial charge in [-0.25, -0.2) is 4.98 Å². The lowest BCUT2D eigenvalue weighted by Crippen LogP contribution is -2.12. The summed E-state index contributed by atoms with van der Waals surface area (Å²) < 4.78 is 0.829. The molecule has 0 spiro atoms. The Balaban J connectivity index is 1.44. The second kappa shape index (κ2) is 9.50. The van der Waals surface area contributed by atoms with Gasteiger partial charge in [-0.3, -0.25) is 4.79 Å². The largest absolute Gasteiger partial charge is 0.330 e. The zero-order chi connectivity index (χ0) is 22.0.